The number of halogens is 2. The van der Waals surface area contributed by atoms with Crippen LogP contribution in [-0.4, -0.2) is 28.9 Å². The second kappa shape index (κ2) is 7.20. The predicted molar refractivity (Wildman–Crippen MR) is 93.7 cm³/mol. The summed E-state index contributed by atoms with van der Waals surface area (Å²) in [6.45, 7) is 1.65. The monoisotopic (exact) mass is 349 g/mol. The Morgan fingerprint density at radius 2 is 1.78 bits per heavy atom. The van der Waals surface area contributed by atoms with E-state index in [-0.39, 0.29) is 5.91 Å². The maximum atomic E-state index is 12.5. The summed E-state index contributed by atoms with van der Waals surface area (Å²) in [5, 5.41) is 4.17. The SMILES string of the molecule is O=C(c1cncc(Nc2ccc(Cl)c(Cl)c2)c1)N1CCCCC1. The number of pyridine rings is 1. The number of carbonyl (C=O) groups excluding carboxylic acids is 1. The minimum absolute atomic E-state index is 0.0370. The molecule has 0 bridgehead atoms. The van der Waals surface area contributed by atoms with Gasteiger partial charge in [-0.05, 0) is 43.5 Å². The molecule has 4 nitrogen and oxygen atoms in total. The lowest BCUT2D eigenvalue weighted by atomic mass is 10.1. The number of nitrogens with zero attached hydrogens (tertiary/aromatic N) is 2. The lowest BCUT2D eigenvalue weighted by Gasteiger charge is -2.26. The fourth-order valence-corrected chi connectivity index (χ4v) is 2.94. The van der Waals surface area contributed by atoms with Gasteiger partial charge >= 0.3 is 0 Å². The molecule has 120 valence electrons. The molecule has 1 saturated heterocycles. The second-order valence-electron chi connectivity index (χ2n) is 5.57. The summed E-state index contributed by atoms with van der Waals surface area (Å²) in [4.78, 5) is 18.6. The van der Waals surface area contributed by atoms with Gasteiger partial charge in [-0.15, -0.1) is 0 Å². The average molecular weight is 350 g/mol. The van der Waals surface area contributed by atoms with Gasteiger partial charge in [0.2, 0.25) is 0 Å². The van der Waals surface area contributed by atoms with Crippen LogP contribution in [0.5, 0.6) is 0 Å². The molecule has 2 heterocycles. The van der Waals surface area contributed by atoms with E-state index in [0.29, 0.717) is 15.6 Å². The van der Waals surface area contributed by atoms with Gasteiger partial charge in [0.25, 0.3) is 5.91 Å². The molecule has 1 aliphatic rings. The van der Waals surface area contributed by atoms with Crippen LogP contribution in [0.2, 0.25) is 10.0 Å². The number of amides is 1. The molecule has 1 aromatic heterocycles. The number of piperidine rings is 1. The Bertz CT molecular complexity index is 715. The van der Waals surface area contributed by atoms with E-state index in [9.17, 15) is 4.79 Å². The Kier molecular flexibility index (Phi) is 5.03. The Morgan fingerprint density at radius 3 is 2.52 bits per heavy atom. The fraction of sp³-hybridized carbons (Fsp3) is 0.294. The Morgan fingerprint density at radius 1 is 1.00 bits per heavy atom. The zero-order valence-corrected chi connectivity index (χ0v) is 14.1. The molecule has 1 aliphatic heterocycles. The van der Waals surface area contributed by atoms with Gasteiger partial charge in [-0.3, -0.25) is 9.78 Å². The van der Waals surface area contributed by atoms with E-state index in [4.69, 9.17) is 23.2 Å². The zero-order chi connectivity index (χ0) is 16.2. The number of anilines is 2. The smallest absolute Gasteiger partial charge is 0.255 e. The number of likely N-dealkylation sites (tertiary alicyclic amines) is 1. The third-order valence-electron chi connectivity index (χ3n) is 3.84. The first kappa shape index (κ1) is 16.1. The number of rotatable bonds is 3. The highest BCUT2D eigenvalue weighted by Crippen LogP contribution is 2.27. The largest absolute Gasteiger partial charge is 0.354 e. The highest BCUT2D eigenvalue weighted by molar-refractivity contribution is 6.42. The van der Waals surface area contributed by atoms with Gasteiger partial charge in [0.1, 0.15) is 0 Å². The average Bonchev–Trinajstić information content (AvgIpc) is 2.58. The summed E-state index contributed by atoms with van der Waals surface area (Å²) in [5.74, 6) is 0.0370. The Balaban J connectivity index is 1.76. The first-order valence-electron chi connectivity index (χ1n) is 7.60. The second-order valence-corrected chi connectivity index (χ2v) is 6.38. The van der Waals surface area contributed by atoms with Crippen molar-refractivity contribution in [1.82, 2.24) is 9.88 Å². The predicted octanol–water partition coefficient (Wildman–Crippen LogP) is 4.76. The van der Waals surface area contributed by atoms with Crippen LogP contribution in [0, 0.1) is 0 Å². The minimum Gasteiger partial charge on any atom is -0.354 e. The molecular formula is C17H17Cl2N3O. The molecule has 1 fully saturated rings. The van der Waals surface area contributed by atoms with Gasteiger partial charge < -0.3 is 10.2 Å². The van der Waals surface area contributed by atoms with Crippen molar-refractivity contribution in [2.24, 2.45) is 0 Å². The van der Waals surface area contributed by atoms with Crippen LogP contribution < -0.4 is 5.32 Å². The zero-order valence-electron chi connectivity index (χ0n) is 12.6. The van der Waals surface area contributed by atoms with Crippen LogP contribution in [0.25, 0.3) is 0 Å². The molecule has 0 unspecified atom stereocenters. The lowest BCUT2D eigenvalue weighted by molar-refractivity contribution is 0.0724. The van der Waals surface area contributed by atoms with Crippen molar-refractivity contribution in [1.29, 1.82) is 0 Å². The molecule has 0 aliphatic carbocycles. The molecule has 6 heteroatoms. The van der Waals surface area contributed by atoms with E-state index in [1.807, 2.05) is 17.0 Å². The fourth-order valence-electron chi connectivity index (χ4n) is 2.65. The first-order chi connectivity index (χ1) is 11.1. The number of aromatic nitrogens is 1. The molecule has 23 heavy (non-hydrogen) atoms. The van der Waals surface area contributed by atoms with Crippen molar-refractivity contribution in [3.63, 3.8) is 0 Å². The molecule has 1 amide bonds. The Labute approximate surface area is 145 Å². The summed E-state index contributed by atoms with van der Waals surface area (Å²) in [7, 11) is 0. The van der Waals surface area contributed by atoms with Gasteiger partial charge in [0.05, 0.1) is 27.5 Å². The number of carbonyl (C=O) groups is 1. The van der Waals surface area contributed by atoms with Gasteiger partial charge in [-0.1, -0.05) is 23.2 Å². The van der Waals surface area contributed by atoms with Crippen molar-refractivity contribution in [3.05, 3.63) is 52.3 Å². The molecule has 0 atom stereocenters. The van der Waals surface area contributed by atoms with Gasteiger partial charge in [-0.25, -0.2) is 0 Å². The quantitative estimate of drug-likeness (QED) is 0.868. The van der Waals surface area contributed by atoms with E-state index in [1.165, 1.54) is 6.42 Å². The number of nitrogens with one attached hydrogen (secondary N) is 1. The summed E-state index contributed by atoms with van der Waals surface area (Å²) >= 11 is 11.9. The number of hydrogen-bond donors (Lipinski definition) is 1. The summed E-state index contributed by atoms with van der Waals surface area (Å²) in [6.07, 6.45) is 6.62. The third-order valence-corrected chi connectivity index (χ3v) is 4.58. The molecule has 0 radical (unpaired) electrons. The van der Waals surface area contributed by atoms with Gasteiger partial charge in [0.15, 0.2) is 0 Å². The van der Waals surface area contributed by atoms with Gasteiger partial charge in [0, 0.05) is 25.0 Å². The van der Waals surface area contributed by atoms with E-state index < -0.39 is 0 Å². The van der Waals surface area contributed by atoms with E-state index >= 15 is 0 Å². The number of hydrogen-bond acceptors (Lipinski definition) is 3. The minimum atomic E-state index is 0.0370. The highest BCUT2D eigenvalue weighted by Gasteiger charge is 2.18. The van der Waals surface area contributed by atoms with E-state index in [1.54, 1.807) is 24.5 Å². The van der Waals surface area contributed by atoms with Crippen molar-refractivity contribution in [2.45, 2.75) is 19.3 Å². The topological polar surface area (TPSA) is 45.2 Å². The van der Waals surface area contributed by atoms with Crippen molar-refractivity contribution < 1.29 is 4.79 Å². The van der Waals surface area contributed by atoms with Crippen LogP contribution in [-0.2, 0) is 0 Å². The molecule has 2 aromatic rings. The lowest BCUT2D eigenvalue weighted by Crippen LogP contribution is -2.35. The van der Waals surface area contributed by atoms with E-state index in [2.05, 4.69) is 10.3 Å². The summed E-state index contributed by atoms with van der Waals surface area (Å²) < 4.78 is 0. The summed E-state index contributed by atoms with van der Waals surface area (Å²) in [5.41, 5.74) is 2.13. The van der Waals surface area contributed by atoms with Crippen LogP contribution in [0.4, 0.5) is 11.4 Å². The van der Waals surface area contributed by atoms with E-state index in [0.717, 1.165) is 37.3 Å². The van der Waals surface area contributed by atoms with Gasteiger partial charge in [-0.2, -0.15) is 0 Å². The molecule has 3 rings (SSSR count). The summed E-state index contributed by atoms with van der Waals surface area (Å²) in [6, 6.07) is 7.10. The molecule has 0 saturated carbocycles. The van der Waals surface area contributed by atoms with Crippen LogP contribution in [0.3, 0.4) is 0 Å². The maximum Gasteiger partial charge on any atom is 0.255 e. The van der Waals surface area contributed by atoms with Crippen LogP contribution in [0.1, 0.15) is 29.6 Å². The number of benzene rings is 1. The molecule has 1 N–H and O–H groups in total. The van der Waals surface area contributed by atoms with Crippen LogP contribution >= 0.6 is 23.2 Å². The third kappa shape index (κ3) is 3.95. The standard InChI is InChI=1S/C17H17Cl2N3O/c18-15-5-4-13(9-16(15)19)21-14-8-12(10-20-11-14)17(23)22-6-2-1-3-7-22/h4-5,8-11,21H,1-3,6-7H2. The molecule has 1 aromatic carbocycles. The normalized spacial score (nSPS) is 14.6. The van der Waals surface area contributed by atoms with Crippen molar-refractivity contribution in [2.75, 3.05) is 18.4 Å². The van der Waals surface area contributed by atoms with Crippen molar-refractivity contribution in [3.8, 4) is 0 Å². The maximum absolute atomic E-state index is 12.5. The first-order valence-corrected chi connectivity index (χ1v) is 8.35. The Hall–Kier alpha value is -1.78. The molecular weight excluding hydrogens is 333 g/mol. The van der Waals surface area contributed by atoms with Crippen LogP contribution in [0.15, 0.2) is 36.7 Å². The highest BCUT2D eigenvalue weighted by atomic mass is 35.5. The van der Waals surface area contributed by atoms with Crippen molar-refractivity contribution >= 4 is 40.5 Å². The molecule has 0 spiro atoms.